The first-order valence-corrected chi connectivity index (χ1v) is 13.1. The van der Waals surface area contributed by atoms with Crippen LogP contribution in [-0.2, 0) is 15.3 Å². The maximum absolute atomic E-state index is 13.3. The number of aliphatic hydroxyl groups is 1. The van der Waals surface area contributed by atoms with Crippen LogP contribution >= 0.6 is 23.1 Å². The van der Waals surface area contributed by atoms with Gasteiger partial charge in [-0.1, -0.05) is 102 Å². The predicted octanol–water partition coefficient (Wildman–Crippen LogP) is 5.72. The number of aliphatic hydroxyl groups excluding tert-OH is 1. The Labute approximate surface area is 221 Å². The summed E-state index contributed by atoms with van der Waals surface area (Å²) >= 11 is 2.70. The van der Waals surface area contributed by atoms with Crippen molar-refractivity contribution in [1.29, 1.82) is 0 Å². The number of hydrogen-bond donors (Lipinski definition) is 2. The number of rotatable bonds is 8. The van der Waals surface area contributed by atoms with E-state index in [4.69, 9.17) is 0 Å². The molecule has 0 bridgehead atoms. The number of anilines is 1. The molecule has 4 aromatic rings. The molecule has 0 radical (unpaired) electrons. The number of allylic oxidation sites excluding steroid dienone is 1. The van der Waals surface area contributed by atoms with Crippen LogP contribution in [0.1, 0.15) is 22.7 Å². The van der Waals surface area contributed by atoms with E-state index < -0.39 is 23.5 Å². The SMILES string of the molecule is O=C(/C=C/c1ccccc1)C1=C(O)C(=O)N(c2nnc(SCc3ccccc3)s2)C1c1ccc(O)cc1. The highest BCUT2D eigenvalue weighted by Gasteiger charge is 2.45. The van der Waals surface area contributed by atoms with Crippen LogP contribution in [0, 0.1) is 0 Å². The Morgan fingerprint density at radius 1 is 0.946 bits per heavy atom. The molecule has 0 fully saturated rings. The maximum atomic E-state index is 13.3. The van der Waals surface area contributed by atoms with E-state index in [1.54, 1.807) is 18.2 Å². The number of hydrogen-bond acceptors (Lipinski definition) is 8. The number of thioether (sulfide) groups is 1. The van der Waals surface area contributed by atoms with Crippen LogP contribution in [0.2, 0.25) is 0 Å². The molecule has 1 atom stereocenters. The highest BCUT2D eigenvalue weighted by molar-refractivity contribution is 8.00. The zero-order valence-electron chi connectivity index (χ0n) is 19.4. The summed E-state index contributed by atoms with van der Waals surface area (Å²) in [6, 6.07) is 24.4. The van der Waals surface area contributed by atoms with Crippen LogP contribution in [-0.4, -0.2) is 32.1 Å². The van der Waals surface area contributed by atoms with Gasteiger partial charge in [0.15, 0.2) is 15.9 Å². The smallest absolute Gasteiger partial charge is 0.296 e. The van der Waals surface area contributed by atoms with Gasteiger partial charge in [-0.15, -0.1) is 10.2 Å². The molecule has 1 aromatic heterocycles. The van der Waals surface area contributed by atoms with E-state index >= 15 is 0 Å². The molecule has 1 aliphatic rings. The molecule has 0 aliphatic carbocycles. The van der Waals surface area contributed by atoms with Crippen molar-refractivity contribution in [2.75, 3.05) is 4.90 Å². The van der Waals surface area contributed by atoms with Gasteiger partial charge in [-0.05, 0) is 34.9 Å². The second-order valence-corrected chi connectivity index (χ2v) is 10.3. The molecule has 0 saturated heterocycles. The molecule has 0 spiro atoms. The Kier molecular flexibility index (Phi) is 7.16. The lowest BCUT2D eigenvalue weighted by Crippen LogP contribution is -2.30. The second kappa shape index (κ2) is 10.8. The molecule has 0 saturated carbocycles. The van der Waals surface area contributed by atoms with Gasteiger partial charge in [0.1, 0.15) is 5.75 Å². The molecule has 3 aromatic carbocycles. The van der Waals surface area contributed by atoms with Crippen molar-refractivity contribution in [3.63, 3.8) is 0 Å². The fourth-order valence-electron chi connectivity index (χ4n) is 3.93. The first kappa shape index (κ1) is 24.5. The molecule has 37 heavy (non-hydrogen) atoms. The van der Waals surface area contributed by atoms with Crippen LogP contribution in [0.3, 0.4) is 0 Å². The van der Waals surface area contributed by atoms with Gasteiger partial charge in [-0.3, -0.25) is 14.5 Å². The fourth-order valence-corrected chi connectivity index (χ4v) is 5.75. The number of phenols is 1. The van der Waals surface area contributed by atoms with Crippen LogP contribution in [0.15, 0.2) is 107 Å². The zero-order valence-corrected chi connectivity index (χ0v) is 21.0. The van der Waals surface area contributed by atoms with Crippen LogP contribution in [0.25, 0.3) is 6.08 Å². The van der Waals surface area contributed by atoms with Gasteiger partial charge in [-0.2, -0.15) is 0 Å². The summed E-state index contributed by atoms with van der Waals surface area (Å²) in [4.78, 5) is 27.8. The zero-order chi connectivity index (χ0) is 25.8. The Morgan fingerprint density at radius 2 is 1.62 bits per heavy atom. The Morgan fingerprint density at radius 3 is 2.32 bits per heavy atom. The van der Waals surface area contributed by atoms with E-state index in [-0.39, 0.29) is 16.5 Å². The fraction of sp³-hybridized carbons (Fsp3) is 0.0714. The molecule has 7 nitrogen and oxygen atoms in total. The number of aromatic hydroxyl groups is 1. The van der Waals surface area contributed by atoms with Gasteiger partial charge < -0.3 is 10.2 Å². The van der Waals surface area contributed by atoms with Gasteiger partial charge >= 0.3 is 0 Å². The van der Waals surface area contributed by atoms with Crippen molar-refractivity contribution in [3.05, 3.63) is 119 Å². The van der Waals surface area contributed by atoms with E-state index in [1.807, 2.05) is 60.7 Å². The predicted molar refractivity (Wildman–Crippen MR) is 144 cm³/mol. The van der Waals surface area contributed by atoms with Crippen molar-refractivity contribution < 1.29 is 19.8 Å². The van der Waals surface area contributed by atoms with Crippen LogP contribution < -0.4 is 4.90 Å². The van der Waals surface area contributed by atoms with E-state index in [0.29, 0.717) is 15.7 Å². The van der Waals surface area contributed by atoms with Crippen molar-refractivity contribution in [2.45, 2.75) is 16.1 Å². The summed E-state index contributed by atoms with van der Waals surface area (Å²) in [6.45, 7) is 0. The maximum Gasteiger partial charge on any atom is 0.296 e. The van der Waals surface area contributed by atoms with Gasteiger partial charge in [0.25, 0.3) is 5.91 Å². The lowest BCUT2D eigenvalue weighted by Gasteiger charge is -2.23. The largest absolute Gasteiger partial charge is 0.508 e. The molecule has 9 heteroatoms. The van der Waals surface area contributed by atoms with E-state index in [2.05, 4.69) is 10.2 Å². The van der Waals surface area contributed by atoms with Crippen LogP contribution in [0.4, 0.5) is 5.13 Å². The summed E-state index contributed by atoms with van der Waals surface area (Å²) in [5.41, 5.74) is 2.42. The molecule has 1 unspecified atom stereocenters. The molecule has 2 N–H and O–H groups in total. The van der Waals surface area contributed by atoms with Gasteiger partial charge in [0.2, 0.25) is 5.13 Å². The average molecular weight is 528 g/mol. The molecule has 2 heterocycles. The van der Waals surface area contributed by atoms with Crippen molar-refractivity contribution in [1.82, 2.24) is 10.2 Å². The number of phenolic OH excluding ortho intramolecular Hbond substituents is 1. The molecule has 5 rings (SSSR count). The minimum Gasteiger partial charge on any atom is -0.508 e. The van der Waals surface area contributed by atoms with Crippen molar-refractivity contribution >= 4 is 46.0 Å². The summed E-state index contributed by atoms with van der Waals surface area (Å²) in [6.07, 6.45) is 2.97. The molecular weight excluding hydrogens is 506 g/mol. The quantitative estimate of drug-likeness (QED) is 0.172. The number of benzene rings is 3. The molecule has 1 amide bonds. The summed E-state index contributed by atoms with van der Waals surface area (Å²) in [5.74, 6) is -1.14. The average Bonchev–Trinajstić information content (AvgIpc) is 3.50. The highest BCUT2D eigenvalue weighted by Crippen LogP contribution is 2.43. The Hall–Kier alpha value is -4.21. The van der Waals surface area contributed by atoms with E-state index in [9.17, 15) is 19.8 Å². The number of carbonyl (C=O) groups excluding carboxylic acids is 2. The first-order chi connectivity index (χ1) is 18.0. The number of amides is 1. The second-order valence-electron chi connectivity index (χ2n) is 8.16. The van der Waals surface area contributed by atoms with Crippen LogP contribution in [0.5, 0.6) is 5.75 Å². The minimum absolute atomic E-state index is 0.0418. The number of aromatic nitrogens is 2. The Bertz CT molecular complexity index is 1480. The molecule has 1 aliphatic heterocycles. The summed E-state index contributed by atoms with van der Waals surface area (Å²) in [5, 5.41) is 29.3. The third-order valence-electron chi connectivity index (χ3n) is 5.72. The lowest BCUT2D eigenvalue weighted by atomic mass is 9.95. The third-order valence-corrected chi connectivity index (χ3v) is 7.84. The number of nitrogens with zero attached hydrogens (tertiary/aromatic N) is 3. The number of carbonyl (C=O) groups is 2. The first-order valence-electron chi connectivity index (χ1n) is 11.3. The highest BCUT2D eigenvalue weighted by atomic mass is 32.2. The monoisotopic (exact) mass is 527 g/mol. The Balaban J connectivity index is 1.46. The lowest BCUT2D eigenvalue weighted by molar-refractivity contribution is -0.117. The van der Waals surface area contributed by atoms with Gasteiger partial charge in [-0.25, -0.2) is 0 Å². The molecular formula is C28H21N3O4S2. The third kappa shape index (κ3) is 5.32. The van der Waals surface area contributed by atoms with Crippen molar-refractivity contribution in [2.24, 2.45) is 0 Å². The standard InChI is InChI=1S/C28H21N3O4S2/c32-21-14-12-20(13-15-21)24-23(22(33)16-11-18-7-3-1-4-8-18)25(34)26(35)31(24)27-29-30-28(37-27)36-17-19-9-5-2-6-10-19/h1-16,24,32,34H,17H2/b16-11+. The van der Waals surface area contributed by atoms with Gasteiger partial charge in [0.05, 0.1) is 11.6 Å². The minimum atomic E-state index is -0.930. The van der Waals surface area contributed by atoms with E-state index in [1.165, 1.54) is 46.2 Å². The van der Waals surface area contributed by atoms with Crippen molar-refractivity contribution in [3.8, 4) is 5.75 Å². The van der Waals surface area contributed by atoms with E-state index in [0.717, 1.165) is 11.1 Å². The summed E-state index contributed by atoms with van der Waals surface area (Å²) < 4.78 is 0.652. The summed E-state index contributed by atoms with van der Waals surface area (Å²) in [7, 11) is 0. The molecule has 184 valence electrons. The topological polar surface area (TPSA) is 104 Å². The normalized spacial score (nSPS) is 15.6. The number of ketones is 1. The van der Waals surface area contributed by atoms with Gasteiger partial charge in [0, 0.05) is 5.75 Å².